The number of allylic oxidation sites excluding steroid dienone is 3. The quantitative estimate of drug-likeness (QED) is 0.701. The maximum atomic E-state index is 12.7. The predicted molar refractivity (Wildman–Crippen MR) is 77.1 cm³/mol. The highest BCUT2D eigenvalue weighted by Gasteiger charge is 2.38. The van der Waals surface area contributed by atoms with Crippen molar-refractivity contribution in [2.45, 2.75) is 61.4 Å². The molecule has 102 valence electrons. The summed E-state index contributed by atoms with van der Waals surface area (Å²) < 4.78 is 0. The first-order valence-corrected chi connectivity index (χ1v) is 6.95. The van der Waals surface area contributed by atoms with Crippen molar-refractivity contribution in [3.8, 4) is 0 Å². The normalized spacial score (nSPS) is 16.9. The van der Waals surface area contributed by atoms with E-state index in [1.165, 1.54) is 5.70 Å². The van der Waals surface area contributed by atoms with Crippen molar-refractivity contribution in [2.24, 2.45) is 11.8 Å². The van der Waals surface area contributed by atoms with Crippen LogP contribution in [0.15, 0.2) is 22.5 Å². The Kier molecular flexibility index (Phi) is 4.41. The summed E-state index contributed by atoms with van der Waals surface area (Å²) in [4.78, 5) is 14.9. The van der Waals surface area contributed by atoms with E-state index in [1.54, 1.807) is 0 Å². The van der Waals surface area contributed by atoms with Gasteiger partial charge in [-0.3, -0.25) is 4.79 Å². The predicted octanol–water partition coefficient (Wildman–Crippen LogP) is 4.14. The number of carbonyl (C=O) groups excluding carboxylic acids is 1. The van der Waals surface area contributed by atoms with E-state index in [2.05, 4.69) is 46.4 Å². The molecule has 18 heavy (non-hydrogen) atoms. The lowest BCUT2D eigenvalue weighted by molar-refractivity contribution is -0.113. The lowest BCUT2D eigenvalue weighted by atomic mass is 9.94. The molecule has 0 aromatic carbocycles. The molecule has 0 aromatic rings. The minimum Gasteiger partial charge on any atom is -0.339 e. The summed E-state index contributed by atoms with van der Waals surface area (Å²) >= 11 is 0. The third-order valence-corrected chi connectivity index (χ3v) is 3.35. The average Bonchev–Trinajstić information content (AvgIpc) is 2.51. The van der Waals surface area contributed by atoms with E-state index in [0.29, 0.717) is 12.0 Å². The van der Waals surface area contributed by atoms with E-state index in [4.69, 9.17) is 0 Å². The number of hydrogen-bond acceptors (Lipinski definition) is 2. The second-order valence-corrected chi connectivity index (χ2v) is 6.25. The summed E-state index contributed by atoms with van der Waals surface area (Å²) in [5, 5.41) is 0. The number of nitrogens with zero attached hydrogens (tertiary/aromatic N) is 1. The zero-order valence-electron chi connectivity index (χ0n) is 13.1. The highest BCUT2D eigenvalue weighted by molar-refractivity contribution is 6.11. The highest BCUT2D eigenvalue weighted by Crippen LogP contribution is 2.39. The zero-order valence-corrected chi connectivity index (χ0v) is 13.1. The van der Waals surface area contributed by atoms with Crippen molar-refractivity contribution in [1.82, 2.24) is 4.90 Å². The summed E-state index contributed by atoms with van der Waals surface area (Å²) in [7, 11) is 0. The summed E-state index contributed by atoms with van der Waals surface area (Å²) in [6, 6.07) is 0.326. The monoisotopic (exact) mass is 249 g/mol. The standard InChI is InChI=1S/C16H27NO/c1-9(2)13-14(10(3)4)17(12(7)8)15(11(5)6)16(13)18/h9-10,12H,1-8H3. The summed E-state index contributed by atoms with van der Waals surface area (Å²) in [5.74, 6) is 0.904. The smallest absolute Gasteiger partial charge is 0.207 e. The summed E-state index contributed by atoms with van der Waals surface area (Å²) in [6.07, 6.45) is 0. The van der Waals surface area contributed by atoms with E-state index in [1.807, 2.05) is 13.8 Å². The van der Waals surface area contributed by atoms with Crippen molar-refractivity contribution < 1.29 is 4.79 Å². The van der Waals surface area contributed by atoms with Crippen LogP contribution in [0.1, 0.15) is 55.4 Å². The van der Waals surface area contributed by atoms with Gasteiger partial charge in [0.25, 0.3) is 0 Å². The van der Waals surface area contributed by atoms with Crippen LogP contribution in [0.25, 0.3) is 0 Å². The van der Waals surface area contributed by atoms with Crippen molar-refractivity contribution in [2.75, 3.05) is 0 Å². The fraction of sp³-hybridized carbons (Fsp3) is 0.688. The Labute approximate surface area is 112 Å². The van der Waals surface area contributed by atoms with Gasteiger partial charge in [-0.15, -0.1) is 0 Å². The molecule has 0 fully saturated rings. The van der Waals surface area contributed by atoms with Crippen LogP contribution in [0.4, 0.5) is 0 Å². The Balaban J connectivity index is 3.51. The van der Waals surface area contributed by atoms with Gasteiger partial charge in [-0.2, -0.15) is 0 Å². The molecule has 1 aliphatic rings. The Morgan fingerprint density at radius 3 is 1.72 bits per heavy atom. The Morgan fingerprint density at radius 2 is 1.44 bits per heavy atom. The molecule has 1 rings (SSSR count). The molecule has 0 atom stereocenters. The van der Waals surface area contributed by atoms with Crippen LogP contribution < -0.4 is 0 Å². The van der Waals surface area contributed by atoms with Crippen LogP contribution in [0.2, 0.25) is 0 Å². The number of ketones is 1. The van der Waals surface area contributed by atoms with Crippen LogP contribution in [-0.4, -0.2) is 16.7 Å². The van der Waals surface area contributed by atoms with Crippen LogP contribution in [-0.2, 0) is 4.79 Å². The number of carbonyl (C=O) groups is 1. The van der Waals surface area contributed by atoms with Gasteiger partial charge in [-0.05, 0) is 45.1 Å². The van der Waals surface area contributed by atoms with Gasteiger partial charge in [-0.25, -0.2) is 0 Å². The number of Topliss-reactive ketones (excluding diaryl/α,β-unsaturated/α-hetero) is 1. The lowest BCUT2D eigenvalue weighted by Gasteiger charge is -2.30. The number of hydrogen-bond donors (Lipinski definition) is 0. The first-order valence-electron chi connectivity index (χ1n) is 6.95. The topological polar surface area (TPSA) is 20.3 Å². The van der Waals surface area contributed by atoms with Gasteiger partial charge in [0.05, 0.1) is 5.70 Å². The van der Waals surface area contributed by atoms with E-state index >= 15 is 0 Å². The fourth-order valence-corrected chi connectivity index (χ4v) is 2.75. The minimum atomic E-state index is 0.238. The molecule has 0 radical (unpaired) electrons. The third-order valence-electron chi connectivity index (χ3n) is 3.35. The van der Waals surface area contributed by atoms with Gasteiger partial charge < -0.3 is 4.90 Å². The van der Waals surface area contributed by atoms with Gasteiger partial charge in [-0.1, -0.05) is 27.7 Å². The van der Waals surface area contributed by atoms with Gasteiger partial charge in [0.1, 0.15) is 0 Å². The Morgan fingerprint density at radius 1 is 0.944 bits per heavy atom. The van der Waals surface area contributed by atoms with Gasteiger partial charge in [0, 0.05) is 17.3 Å². The van der Waals surface area contributed by atoms with Gasteiger partial charge in [0.2, 0.25) is 5.78 Å². The zero-order chi connectivity index (χ0) is 14.2. The van der Waals surface area contributed by atoms with Crippen molar-refractivity contribution in [3.63, 3.8) is 0 Å². The number of rotatable bonds is 3. The molecule has 0 N–H and O–H groups in total. The van der Waals surface area contributed by atoms with Crippen LogP contribution in [0.3, 0.4) is 0 Å². The molecule has 0 unspecified atom stereocenters. The molecule has 0 saturated heterocycles. The summed E-state index contributed by atoms with van der Waals surface area (Å²) in [5.41, 5.74) is 4.25. The molecule has 0 amide bonds. The van der Waals surface area contributed by atoms with Crippen molar-refractivity contribution in [3.05, 3.63) is 22.5 Å². The van der Waals surface area contributed by atoms with Crippen molar-refractivity contribution >= 4 is 5.78 Å². The Hall–Kier alpha value is -1.05. The van der Waals surface area contributed by atoms with E-state index < -0.39 is 0 Å². The molecule has 0 bridgehead atoms. The average molecular weight is 249 g/mol. The minimum absolute atomic E-state index is 0.238. The van der Waals surface area contributed by atoms with Crippen molar-refractivity contribution in [1.29, 1.82) is 0 Å². The third kappa shape index (κ3) is 2.38. The van der Waals surface area contributed by atoms with E-state index in [9.17, 15) is 4.79 Å². The van der Waals surface area contributed by atoms with Gasteiger partial charge in [0.15, 0.2) is 0 Å². The van der Waals surface area contributed by atoms with Crippen LogP contribution >= 0.6 is 0 Å². The highest BCUT2D eigenvalue weighted by atomic mass is 16.1. The maximum Gasteiger partial charge on any atom is 0.207 e. The second kappa shape index (κ2) is 5.29. The molecular formula is C16H27NO. The van der Waals surface area contributed by atoms with Gasteiger partial charge >= 0.3 is 0 Å². The van der Waals surface area contributed by atoms with E-state index in [-0.39, 0.29) is 11.7 Å². The maximum absolute atomic E-state index is 12.7. The second-order valence-electron chi connectivity index (χ2n) is 6.25. The van der Waals surface area contributed by atoms with Crippen LogP contribution in [0, 0.1) is 11.8 Å². The lowest BCUT2D eigenvalue weighted by Crippen LogP contribution is -2.30. The Bertz CT molecular complexity index is 407. The first-order chi connectivity index (χ1) is 8.20. The molecule has 0 aliphatic carbocycles. The molecule has 0 aromatic heterocycles. The molecule has 1 heterocycles. The molecule has 1 aliphatic heterocycles. The SMILES string of the molecule is CC(C)=C1C(=O)C(C(C)C)=C(C(C)C)N1C(C)C. The molecule has 2 nitrogen and oxygen atoms in total. The summed E-state index contributed by atoms with van der Waals surface area (Å²) in [6.45, 7) is 16.9. The fourth-order valence-electron chi connectivity index (χ4n) is 2.75. The largest absolute Gasteiger partial charge is 0.339 e. The molecular weight excluding hydrogens is 222 g/mol. The van der Waals surface area contributed by atoms with Crippen LogP contribution in [0.5, 0.6) is 0 Å². The molecule has 2 heteroatoms. The molecule has 0 spiro atoms. The first kappa shape index (κ1) is 15.0. The molecule has 0 saturated carbocycles. The van der Waals surface area contributed by atoms with E-state index in [0.717, 1.165) is 16.8 Å².